The summed E-state index contributed by atoms with van der Waals surface area (Å²) in [6.07, 6.45) is 2.39. The lowest BCUT2D eigenvalue weighted by Gasteiger charge is -2.35. The van der Waals surface area contributed by atoms with E-state index in [0.717, 1.165) is 6.42 Å². The van der Waals surface area contributed by atoms with Gasteiger partial charge in [0.15, 0.2) is 0 Å². The molecule has 31 heavy (non-hydrogen) atoms. The highest BCUT2D eigenvalue weighted by Crippen LogP contribution is 2.28. The highest BCUT2D eigenvalue weighted by molar-refractivity contribution is 7.91. The van der Waals surface area contributed by atoms with E-state index in [1.165, 1.54) is 20.3 Å². The smallest absolute Gasteiger partial charge is 0.316 e. The number of piperazine rings is 1. The topological polar surface area (TPSA) is 84.7 Å². The molecule has 4 rings (SSSR count). The van der Waals surface area contributed by atoms with Gasteiger partial charge in [0.25, 0.3) is 10.0 Å². The van der Waals surface area contributed by atoms with Crippen LogP contribution in [0.4, 0.5) is 5.69 Å². The van der Waals surface area contributed by atoms with Crippen molar-refractivity contribution in [2.75, 3.05) is 37.7 Å². The Morgan fingerprint density at radius 3 is 2.45 bits per heavy atom. The molecule has 0 spiro atoms. The lowest BCUT2D eigenvalue weighted by molar-refractivity contribution is 0.308. The van der Waals surface area contributed by atoms with Crippen LogP contribution in [0.25, 0.3) is 5.69 Å². The van der Waals surface area contributed by atoms with E-state index in [1.54, 1.807) is 23.7 Å². The molecule has 1 fully saturated rings. The summed E-state index contributed by atoms with van der Waals surface area (Å²) < 4.78 is 34.6. The monoisotopic (exact) mass is 460 g/mol. The number of thiophene rings is 1. The zero-order valence-electron chi connectivity index (χ0n) is 17.2. The lowest BCUT2D eigenvalue weighted by Crippen LogP contribution is -2.49. The van der Waals surface area contributed by atoms with Gasteiger partial charge in [-0.1, -0.05) is 31.2 Å². The average molecular weight is 461 g/mol. The van der Waals surface area contributed by atoms with Crippen molar-refractivity contribution < 1.29 is 13.2 Å². The van der Waals surface area contributed by atoms with Gasteiger partial charge in [-0.15, -0.1) is 11.3 Å². The quantitative estimate of drug-likeness (QED) is 0.539. The minimum atomic E-state index is -3.49. The van der Waals surface area contributed by atoms with Crippen LogP contribution in [0.15, 0.2) is 63.0 Å². The highest BCUT2D eigenvalue weighted by Gasteiger charge is 2.31. The van der Waals surface area contributed by atoms with Crippen LogP contribution < -0.4 is 15.2 Å². The van der Waals surface area contributed by atoms with Crippen molar-refractivity contribution in [1.82, 2.24) is 14.1 Å². The molecule has 0 amide bonds. The van der Waals surface area contributed by atoms with Gasteiger partial charge in [-0.25, -0.2) is 8.42 Å². The van der Waals surface area contributed by atoms with E-state index in [0.29, 0.717) is 48.4 Å². The van der Waals surface area contributed by atoms with Gasteiger partial charge >= 0.3 is 5.56 Å². The predicted molar refractivity (Wildman–Crippen MR) is 121 cm³/mol. The molecule has 0 bridgehead atoms. The molecule has 1 aromatic carbocycles. The number of rotatable bonds is 7. The summed E-state index contributed by atoms with van der Waals surface area (Å²) in [7, 11) is -3.49. The molecule has 8 nitrogen and oxygen atoms in total. The van der Waals surface area contributed by atoms with E-state index in [2.05, 4.69) is 5.10 Å². The molecule has 10 heteroatoms. The molecule has 3 aromatic rings. The third kappa shape index (κ3) is 4.36. The SMILES string of the molecule is CCCOc1c(N2CCN(S(=O)(=O)c3cccs3)CC2)cnn(-c2ccccc2)c1=O. The molecule has 0 aliphatic carbocycles. The van der Waals surface area contributed by atoms with E-state index >= 15 is 0 Å². The fourth-order valence-electron chi connectivity index (χ4n) is 3.45. The van der Waals surface area contributed by atoms with E-state index in [-0.39, 0.29) is 11.3 Å². The average Bonchev–Trinajstić information content (AvgIpc) is 3.35. The van der Waals surface area contributed by atoms with Crippen LogP contribution in [0.5, 0.6) is 5.75 Å². The van der Waals surface area contributed by atoms with Gasteiger partial charge in [-0.3, -0.25) is 4.79 Å². The Bertz CT molecular complexity index is 1170. The molecule has 0 unspecified atom stereocenters. The summed E-state index contributed by atoms with van der Waals surface area (Å²) in [4.78, 5) is 15.1. The van der Waals surface area contributed by atoms with Crippen molar-refractivity contribution in [3.8, 4) is 11.4 Å². The normalized spacial score (nSPS) is 15.2. The van der Waals surface area contributed by atoms with Crippen molar-refractivity contribution in [1.29, 1.82) is 0 Å². The summed E-state index contributed by atoms with van der Waals surface area (Å²) >= 11 is 1.22. The predicted octanol–water partition coefficient (Wildman–Crippen LogP) is 2.59. The molecule has 0 radical (unpaired) electrons. The molecule has 0 N–H and O–H groups in total. The molecule has 0 saturated carbocycles. The molecule has 1 aliphatic rings. The second-order valence-corrected chi connectivity index (χ2v) is 10.2. The van der Waals surface area contributed by atoms with Crippen molar-refractivity contribution in [2.24, 2.45) is 0 Å². The zero-order valence-corrected chi connectivity index (χ0v) is 18.8. The van der Waals surface area contributed by atoms with E-state index in [9.17, 15) is 13.2 Å². The van der Waals surface area contributed by atoms with Crippen LogP contribution in [0.2, 0.25) is 0 Å². The van der Waals surface area contributed by atoms with Crippen LogP contribution in [0.1, 0.15) is 13.3 Å². The van der Waals surface area contributed by atoms with E-state index < -0.39 is 10.0 Å². The maximum Gasteiger partial charge on any atom is 0.316 e. The Labute approximate surface area is 185 Å². The van der Waals surface area contributed by atoms with Gasteiger partial charge in [0.1, 0.15) is 9.90 Å². The van der Waals surface area contributed by atoms with Gasteiger partial charge in [-0.2, -0.15) is 14.1 Å². The Kier molecular flexibility index (Phi) is 6.40. The number of sulfonamides is 1. The van der Waals surface area contributed by atoms with Crippen molar-refractivity contribution in [3.63, 3.8) is 0 Å². The van der Waals surface area contributed by atoms with E-state index in [4.69, 9.17) is 4.74 Å². The highest BCUT2D eigenvalue weighted by atomic mass is 32.2. The third-order valence-corrected chi connectivity index (χ3v) is 8.31. The minimum absolute atomic E-state index is 0.246. The first-order valence-corrected chi connectivity index (χ1v) is 12.4. The van der Waals surface area contributed by atoms with Crippen LogP contribution >= 0.6 is 11.3 Å². The maximum absolute atomic E-state index is 13.2. The number of ether oxygens (including phenoxy) is 1. The summed E-state index contributed by atoms with van der Waals surface area (Å²) in [5.41, 5.74) is 0.928. The molecular weight excluding hydrogens is 436 g/mol. The maximum atomic E-state index is 13.2. The van der Waals surface area contributed by atoms with Crippen molar-refractivity contribution >= 4 is 27.0 Å². The molecule has 164 valence electrons. The van der Waals surface area contributed by atoms with E-state index in [1.807, 2.05) is 42.2 Å². The van der Waals surface area contributed by atoms with Crippen molar-refractivity contribution in [3.05, 3.63) is 64.4 Å². The largest absolute Gasteiger partial charge is 0.486 e. The first kappa shape index (κ1) is 21.5. The second-order valence-electron chi connectivity index (χ2n) is 7.08. The molecule has 0 atom stereocenters. The number of para-hydroxylation sites is 1. The standard InChI is InChI=1S/C21H24N4O4S2/c1-2-14-29-20-18(16-22-25(21(20)26)17-7-4-3-5-8-17)23-10-12-24(13-11-23)31(27,28)19-9-6-15-30-19/h3-9,15-16H,2,10-14H2,1H3. The summed E-state index contributed by atoms with van der Waals surface area (Å²) in [5, 5.41) is 6.11. The molecule has 2 aromatic heterocycles. The summed E-state index contributed by atoms with van der Waals surface area (Å²) in [6.45, 7) is 3.94. The van der Waals surface area contributed by atoms with Gasteiger partial charge in [-0.05, 0) is 30.0 Å². The lowest BCUT2D eigenvalue weighted by atomic mass is 10.3. The number of nitrogens with zero attached hydrogens (tertiary/aromatic N) is 4. The number of hydrogen-bond acceptors (Lipinski definition) is 7. The number of hydrogen-bond donors (Lipinski definition) is 0. The van der Waals surface area contributed by atoms with Crippen LogP contribution in [0, 0.1) is 0 Å². The fraction of sp³-hybridized carbons (Fsp3) is 0.333. The van der Waals surface area contributed by atoms with Gasteiger partial charge in [0.05, 0.1) is 18.5 Å². The van der Waals surface area contributed by atoms with Crippen molar-refractivity contribution in [2.45, 2.75) is 17.6 Å². The van der Waals surface area contributed by atoms with Crippen LogP contribution in [-0.4, -0.2) is 55.3 Å². The fourth-order valence-corrected chi connectivity index (χ4v) is 6.02. The van der Waals surface area contributed by atoms with Gasteiger partial charge in [0.2, 0.25) is 5.75 Å². The Morgan fingerprint density at radius 1 is 1.06 bits per heavy atom. The molecule has 1 saturated heterocycles. The second kappa shape index (κ2) is 9.21. The number of benzene rings is 1. The summed E-state index contributed by atoms with van der Waals surface area (Å²) in [6, 6.07) is 12.5. The zero-order chi connectivity index (χ0) is 21.8. The molecule has 3 heterocycles. The third-order valence-electron chi connectivity index (χ3n) is 5.03. The number of anilines is 1. The first-order chi connectivity index (χ1) is 15.0. The minimum Gasteiger partial charge on any atom is -0.486 e. The van der Waals surface area contributed by atoms with Gasteiger partial charge < -0.3 is 9.64 Å². The van der Waals surface area contributed by atoms with Gasteiger partial charge in [0, 0.05) is 26.2 Å². The Morgan fingerprint density at radius 2 is 1.81 bits per heavy atom. The molecular formula is C21H24N4O4S2. The molecule has 1 aliphatic heterocycles. The van der Waals surface area contributed by atoms with Crippen LogP contribution in [0.3, 0.4) is 0 Å². The Balaban J connectivity index is 1.60. The van der Waals surface area contributed by atoms with Crippen LogP contribution in [-0.2, 0) is 10.0 Å². The summed E-state index contributed by atoms with van der Waals surface area (Å²) in [5.74, 6) is 0.246. The first-order valence-electron chi connectivity index (χ1n) is 10.1. The Hall–Kier alpha value is -2.69. The number of aromatic nitrogens is 2.